The molecular formula is C15H20O3. The van der Waals surface area contributed by atoms with Crippen LogP contribution in [0.25, 0.3) is 0 Å². The molecule has 1 heterocycles. The van der Waals surface area contributed by atoms with Gasteiger partial charge in [-0.15, -0.1) is 0 Å². The van der Waals surface area contributed by atoms with Gasteiger partial charge in [0.1, 0.15) is 11.9 Å². The van der Waals surface area contributed by atoms with Gasteiger partial charge in [0.2, 0.25) is 0 Å². The summed E-state index contributed by atoms with van der Waals surface area (Å²) < 4.78 is 5.39. The molecule has 3 aliphatic rings. The van der Waals surface area contributed by atoms with Gasteiger partial charge in [0.15, 0.2) is 0 Å². The van der Waals surface area contributed by atoms with E-state index in [9.17, 15) is 9.59 Å². The van der Waals surface area contributed by atoms with Crippen LogP contribution in [0.3, 0.4) is 0 Å². The van der Waals surface area contributed by atoms with Crippen LogP contribution in [0.15, 0.2) is 11.1 Å². The molecule has 0 spiro atoms. The number of rotatable bonds is 0. The van der Waals surface area contributed by atoms with Gasteiger partial charge in [0.25, 0.3) is 0 Å². The summed E-state index contributed by atoms with van der Waals surface area (Å²) >= 11 is 0. The normalized spacial score (nSPS) is 43.6. The topological polar surface area (TPSA) is 43.4 Å². The number of carbonyl (C=O) groups is 2. The van der Waals surface area contributed by atoms with Crippen LogP contribution in [0.4, 0.5) is 0 Å². The van der Waals surface area contributed by atoms with Crippen molar-refractivity contribution < 1.29 is 14.3 Å². The highest BCUT2D eigenvalue weighted by atomic mass is 16.5. The second-order valence-corrected chi connectivity index (χ2v) is 6.42. The van der Waals surface area contributed by atoms with E-state index in [1.54, 1.807) is 0 Å². The van der Waals surface area contributed by atoms with E-state index in [0.717, 1.165) is 24.0 Å². The lowest BCUT2D eigenvalue weighted by Gasteiger charge is -2.50. The van der Waals surface area contributed by atoms with Crippen LogP contribution >= 0.6 is 0 Å². The van der Waals surface area contributed by atoms with Gasteiger partial charge < -0.3 is 4.74 Å². The molecule has 4 atom stereocenters. The van der Waals surface area contributed by atoms with Crippen LogP contribution in [0.2, 0.25) is 0 Å². The average molecular weight is 248 g/mol. The van der Waals surface area contributed by atoms with Crippen LogP contribution < -0.4 is 0 Å². The highest BCUT2D eigenvalue weighted by molar-refractivity contribution is 5.92. The lowest BCUT2D eigenvalue weighted by molar-refractivity contribution is -0.147. The fourth-order valence-electron chi connectivity index (χ4n) is 3.99. The van der Waals surface area contributed by atoms with Crippen molar-refractivity contribution in [1.29, 1.82) is 0 Å². The predicted octanol–water partition coefficient (Wildman–Crippen LogP) is 2.64. The average Bonchev–Trinajstić information content (AvgIpc) is 2.59. The van der Waals surface area contributed by atoms with Crippen LogP contribution in [-0.4, -0.2) is 17.9 Å². The maximum atomic E-state index is 12.2. The van der Waals surface area contributed by atoms with Crippen molar-refractivity contribution in [3.63, 3.8) is 0 Å². The van der Waals surface area contributed by atoms with Gasteiger partial charge in [0, 0.05) is 17.9 Å². The molecule has 3 rings (SSSR count). The van der Waals surface area contributed by atoms with Crippen molar-refractivity contribution in [3.8, 4) is 0 Å². The van der Waals surface area contributed by atoms with Crippen LogP contribution in [0.1, 0.15) is 46.5 Å². The van der Waals surface area contributed by atoms with Gasteiger partial charge >= 0.3 is 5.97 Å². The van der Waals surface area contributed by atoms with E-state index < -0.39 is 0 Å². The van der Waals surface area contributed by atoms with Gasteiger partial charge in [0.05, 0.1) is 0 Å². The molecule has 2 aliphatic carbocycles. The molecule has 3 nitrogen and oxygen atoms in total. The Morgan fingerprint density at radius 1 is 1.33 bits per heavy atom. The lowest BCUT2D eigenvalue weighted by atomic mass is 9.54. The molecule has 0 unspecified atom stereocenters. The van der Waals surface area contributed by atoms with Crippen LogP contribution in [0, 0.1) is 17.3 Å². The largest absolute Gasteiger partial charge is 0.454 e. The summed E-state index contributed by atoms with van der Waals surface area (Å²) in [7, 11) is 0. The first-order valence-electron chi connectivity index (χ1n) is 6.87. The third kappa shape index (κ3) is 1.42. The molecule has 18 heavy (non-hydrogen) atoms. The van der Waals surface area contributed by atoms with E-state index in [0.29, 0.717) is 24.5 Å². The molecule has 2 saturated carbocycles. The predicted molar refractivity (Wildman–Crippen MR) is 66.8 cm³/mol. The van der Waals surface area contributed by atoms with Crippen molar-refractivity contribution in [2.75, 3.05) is 0 Å². The summed E-state index contributed by atoms with van der Waals surface area (Å²) in [6.45, 7) is 6.32. The van der Waals surface area contributed by atoms with E-state index in [1.165, 1.54) is 0 Å². The monoisotopic (exact) mass is 248 g/mol. The Hall–Kier alpha value is -1.12. The zero-order chi connectivity index (χ0) is 13.1. The number of ketones is 1. The molecular weight excluding hydrogens is 228 g/mol. The molecule has 0 aromatic heterocycles. The molecule has 0 radical (unpaired) electrons. The molecule has 0 amide bonds. The standard InChI is InChI=1S/C15H20O3/c1-8-4-5-12(16)11-6-13-10(7-15(8,11)3)9(2)14(17)18-13/h8,11,13H,4-7H2,1-3H3/t8-,11+,13+,15+/m0/s1. The summed E-state index contributed by atoms with van der Waals surface area (Å²) in [6, 6.07) is 0. The second kappa shape index (κ2) is 3.69. The van der Waals surface area contributed by atoms with Gasteiger partial charge in [-0.1, -0.05) is 13.8 Å². The SMILES string of the molecule is CC1=C2C[C@@]3(C)[C@H](C[C@H]2OC1=O)C(=O)CC[C@@H]3C. The Morgan fingerprint density at radius 3 is 2.78 bits per heavy atom. The Bertz CT molecular complexity index is 462. The van der Waals surface area contributed by atoms with E-state index in [1.807, 2.05) is 6.92 Å². The number of esters is 1. The molecule has 3 heteroatoms. The Kier molecular flexibility index (Phi) is 2.45. The number of ether oxygens (including phenoxy) is 1. The second-order valence-electron chi connectivity index (χ2n) is 6.42. The number of carbonyl (C=O) groups excluding carboxylic acids is 2. The number of hydrogen-bond acceptors (Lipinski definition) is 3. The molecule has 98 valence electrons. The number of fused-ring (bicyclic) bond motifs is 2. The summed E-state index contributed by atoms with van der Waals surface area (Å²) in [4.78, 5) is 23.8. The zero-order valence-corrected chi connectivity index (χ0v) is 11.3. The molecule has 2 fully saturated rings. The maximum Gasteiger partial charge on any atom is 0.334 e. The minimum atomic E-state index is -0.183. The summed E-state index contributed by atoms with van der Waals surface area (Å²) in [5.41, 5.74) is 1.96. The first kappa shape index (κ1) is 11.9. The van der Waals surface area contributed by atoms with Crippen molar-refractivity contribution >= 4 is 11.8 Å². The molecule has 0 bridgehead atoms. The molecule has 0 saturated heterocycles. The molecule has 0 aromatic carbocycles. The first-order valence-corrected chi connectivity index (χ1v) is 6.87. The number of hydrogen-bond donors (Lipinski definition) is 0. The van der Waals surface area contributed by atoms with Crippen molar-refractivity contribution in [2.45, 2.75) is 52.6 Å². The lowest BCUT2D eigenvalue weighted by Crippen LogP contribution is -2.48. The maximum absolute atomic E-state index is 12.2. The summed E-state index contributed by atoms with van der Waals surface area (Å²) in [5, 5.41) is 0. The minimum Gasteiger partial charge on any atom is -0.454 e. The van der Waals surface area contributed by atoms with E-state index in [2.05, 4.69) is 13.8 Å². The summed E-state index contributed by atoms with van der Waals surface area (Å²) in [5.74, 6) is 0.804. The van der Waals surface area contributed by atoms with Crippen molar-refractivity contribution in [3.05, 3.63) is 11.1 Å². The number of Topliss-reactive ketones (excluding diaryl/α,β-unsaturated/α-hetero) is 1. The molecule has 0 N–H and O–H groups in total. The molecule has 0 aromatic rings. The minimum absolute atomic E-state index is 0.0242. The Balaban J connectivity index is 2.00. The van der Waals surface area contributed by atoms with E-state index in [4.69, 9.17) is 4.74 Å². The highest BCUT2D eigenvalue weighted by Crippen LogP contribution is 2.55. The first-order chi connectivity index (χ1) is 8.43. The summed E-state index contributed by atoms with van der Waals surface area (Å²) in [6.07, 6.45) is 3.12. The third-order valence-corrected chi connectivity index (χ3v) is 5.58. The van der Waals surface area contributed by atoms with Gasteiger partial charge in [-0.25, -0.2) is 4.79 Å². The third-order valence-electron chi connectivity index (χ3n) is 5.58. The molecule has 1 aliphatic heterocycles. The van der Waals surface area contributed by atoms with Crippen molar-refractivity contribution in [1.82, 2.24) is 0 Å². The van der Waals surface area contributed by atoms with Crippen LogP contribution in [0.5, 0.6) is 0 Å². The zero-order valence-electron chi connectivity index (χ0n) is 11.3. The van der Waals surface area contributed by atoms with Crippen molar-refractivity contribution in [2.24, 2.45) is 17.3 Å². The fraction of sp³-hybridized carbons (Fsp3) is 0.733. The van der Waals surface area contributed by atoms with Gasteiger partial charge in [-0.2, -0.15) is 0 Å². The van der Waals surface area contributed by atoms with E-state index >= 15 is 0 Å². The highest BCUT2D eigenvalue weighted by Gasteiger charge is 2.53. The Morgan fingerprint density at radius 2 is 2.06 bits per heavy atom. The van der Waals surface area contributed by atoms with Crippen LogP contribution in [-0.2, 0) is 14.3 Å². The fourth-order valence-corrected chi connectivity index (χ4v) is 3.99. The van der Waals surface area contributed by atoms with Gasteiger partial charge in [-0.05, 0) is 43.1 Å². The quantitative estimate of drug-likeness (QED) is 0.619. The van der Waals surface area contributed by atoms with Gasteiger partial charge in [-0.3, -0.25) is 4.79 Å². The Labute approximate surface area is 108 Å². The van der Waals surface area contributed by atoms with E-state index in [-0.39, 0.29) is 23.4 Å². The smallest absolute Gasteiger partial charge is 0.334 e.